The molecule has 0 aliphatic carbocycles. The Kier molecular flexibility index (Phi) is 17.1. The van der Waals surface area contributed by atoms with Crippen molar-refractivity contribution in [2.24, 2.45) is 5.92 Å². The van der Waals surface area contributed by atoms with Crippen LogP contribution in [0.2, 0.25) is 0 Å². The summed E-state index contributed by atoms with van der Waals surface area (Å²) >= 11 is 2.00. The van der Waals surface area contributed by atoms with Crippen molar-refractivity contribution in [3.63, 3.8) is 0 Å². The maximum absolute atomic E-state index is 8.93. The van der Waals surface area contributed by atoms with Crippen molar-refractivity contribution >= 4 is 11.8 Å². The molecule has 0 radical (unpaired) electrons. The van der Waals surface area contributed by atoms with Crippen LogP contribution in [-0.2, 0) is 0 Å². The molecule has 0 aromatic heterocycles. The first kappa shape index (κ1) is 20.1. The predicted octanol–water partition coefficient (Wildman–Crippen LogP) is 5.83. The lowest BCUT2D eigenvalue weighted by molar-refractivity contribution is 0.227. The van der Waals surface area contributed by atoms with Crippen molar-refractivity contribution in [3.05, 3.63) is 12.7 Å². The molecular weight excluding hydrogens is 264 g/mol. The van der Waals surface area contributed by atoms with E-state index in [1.807, 2.05) is 17.8 Å². The Morgan fingerprint density at radius 3 is 1.90 bits per heavy atom. The summed E-state index contributed by atoms with van der Waals surface area (Å²) in [7, 11) is 0. The Morgan fingerprint density at radius 2 is 1.40 bits per heavy atom. The fourth-order valence-corrected chi connectivity index (χ4v) is 3.11. The normalized spacial score (nSPS) is 12.5. The monoisotopic (exact) mass is 300 g/mol. The van der Waals surface area contributed by atoms with Crippen LogP contribution >= 0.6 is 11.8 Å². The highest BCUT2D eigenvalue weighted by atomic mass is 32.2. The van der Waals surface area contributed by atoms with E-state index in [9.17, 15) is 0 Å². The van der Waals surface area contributed by atoms with Crippen LogP contribution in [0, 0.1) is 5.92 Å². The van der Waals surface area contributed by atoms with Crippen molar-refractivity contribution in [3.8, 4) is 0 Å². The molecule has 1 N–H and O–H groups in total. The average Bonchev–Trinajstić information content (AvgIpc) is 2.47. The van der Waals surface area contributed by atoms with Gasteiger partial charge in [0.25, 0.3) is 0 Å². The fraction of sp³-hybridized carbons (Fsp3) is 0.889. The van der Waals surface area contributed by atoms with E-state index in [1.165, 1.54) is 76.4 Å². The van der Waals surface area contributed by atoms with Gasteiger partial charge in [0.1, 0.15) is 0 Å². The zero-order chi connectivity index (χ0) is 14.9. The van der Waals surface area contributed by atoms with Crippen molar-refractivity contribution in [1.29, 1.82) is 0 Å². The second-order valence-electron chi connectivity index (χ2n) is 5.98. The molecule has 0 saturated heterocycles. The fourth-order valence-electron chi connectivity index (χ4n) is 2.37. The van der Waals surface area contributed by atoms with Crippen LogP contribution < -0.4 is 0 Å². The number of rotatable bonds is 16. The van der Waals surface area contributed by atoms with E-state index in [1.54, 1.807) is 0 Å². The second kappa shape index (κ2) is 17.1. The number of hydrogen-bond acceptors (Lipinski definition) is 2. The Labute approximate surface area is 131 Å². The largest absolute Gasteiger partial charge is 0.396 e. The third-order valence-corrected chi connectivity index (χ3v) is 4.83. The maximum Gasteiger partial charge on any atom is 0.0456 e. The summed E-state index contributed by atoms with van der Waals surface area (Å²) in [5.74, 6) is 2.91. The number of hydrogen-bond donors (Lipinski definition) is 1. The standard InChI is InChI=1S/C18H36OS/c1-3-15-20-16-13-11-9-7-5-4-6-8-10-12-14-18(2)17-19/h3,18-19H,1,4-17H2,2H3. The van der Waals surface area contributed by atoms with Gasteiger partial charge in [0, 0.05) is 12.4 Å². The predicted molar refractivity (Wildman–Crippen MR) is 94.6 cm³/mol. The lowest BCUT2D eigenvalue weighted by Crippen LogP contribution is -1.99. The van der Waals surface area contributed by atoms with E-state index < -0.39 is 0 Å². The first-order valence-corrected chi connectivity index (χ1v) is 9.76. The summed E-state index contributed by atoms with van der Waals surface area (Å²) in [5.41, 5.74) is 0. The van der Waals surface area contributed by atoms with Gasteiger partial charge in [-0.05, 0) is 24.5 Å². The first-order chi connectivity index (χ1) is 9.81. The smallest absolute Gasteiger partial charge is 0.0456 e. The third-order valence-electron chi connectivity index (χ3n) is 3.78. The molecule has 0 spiro atoms. The van der Waals surface area contributed by atoms with E-state index in [0.29, 0.717) is 12.5 Å². The Bertz CT molecular complexity index is 194. The molecular formula is C18H36OS. The van der Waals surface area contributed by atoms with Crippen molar-refractivity contribution in [1.82, 2.24) is 0 Å². The Morgan fingerprint density at radius 1 is 0.900 bits per heavy atom. The summed E-state index contributed by atoms with van der Waals surface area (Å²) in [5, 5.41) is 8.93. The number of aliphatic hydroxyl groups is 1. The summed E-state index contributed by atoms with van der Waals surface area (Å²) in [4.78, 5) is 0. The van der Waals surface area contributed by atoms with Crippen LogP contribution in [0.5, 0.6) is 0 Å². The van der Waals surface area contributed by atoms with Gasteiger partial charge < -0.3 is 5.11 Å². The van der Waals surface area contributed by atoms with Crippen molar-refractivity contribution in [2.45, 2.75) is 77.6 Å². The number of thioether (sulfide) groups is 1. The van der Waals surface area contributed by atoms with Crippen LogP contribution in [0.4, 0.5) is 0 Å². The van der Waals surface area contributed by atoms with E-state index in [2.05, 4.69) is 13.5 Å². The van der Waals surface area contributed by atoms with Gasteiger partial charge in [-0.1, -0.05) is 70.8 Å². The van der Waals surface area contributed by atoms with E-state index in [4.69, 9.17) is 5.11 Å². The molecule has 2 heteroatoms. The minimum atomic E-state index is 0.353. The van der Waals surface area contributed by atoms with Crippen LogP contribution in [0.1, 0.15) is 77.6 Å². The molecule has 1 unspecified atom stereocenters. The zero-order valence-corrected chi connectivity index (χ0v) is 14.4. The minimum absolute atomic E-state index is 0.353. The van der Waals surface area contributed by atoms with Crippen LogP contribution in [0.15, 0.2) is 12.7 Å². The van der Waals surface area contributed by atoms with Crippen LogP contribution in [0.3, 0.4) is 0 Å². The highest BCUT2D eigenvalue weighted by Crippen LogP contribution is 2.14. The molecule has 0 heterocycles. The van der Waals surface area contributed by atoms with Gasteiger partial charge in [-0.15, -0.1) is 6.58 Å². The molecule has 0 saturated carbocycles. The van der Waals surface area contributed by atoms with Crippen molar-refractivity contribution < 1.29 is 5.11 Å². The summed E-state index contributed by atoms with van der Waals surface area (Å²) < 4.78 is 0. The van der Waals surface area contributed by atoms with Gasteiger partial charge in [0.2, 0.25) is 0 Å². The van der Waals surface area contributed by atoms with Crippen LogP contribution in [0.25, 0.3) is 0 Å². The van der Waals surface area contributed by atoms with Gasteiger partial charge in [0.15, 0.2) is 0 Å². The quantitative estimate of drug-likeness (QED) is 0.286. The highest BCUT2D eigenvalue weighted by molar-refractivity contribution is 7.99. The van der Waals surface area contributed by atoms with Crippen molar-refractivity contribution in [2.75, 3.05) is 18.1 Å². The molecule has 1 nitrogen and oxygen atoms in total. The molecule has 0 amide bonds. The van der Waals surface area contributed by atoms with E-state index in [0.717, 1.165) is 5.75 Å². The second-order valence-corrected chi connectivity index (χ2v) is 7.13. The zero-order valence-electron chi connectivity index (χ0n) is 13.6. The molecule has 120 valence electrons. The molecule has 0 bridgehead atoms. The molecule has 0 aromatic carbocycles. The molecule has 0 rings (SSSR count). The molecule has 0 aromatic rings. The topological polar surface area (TPSA) is 20.2 Å². The summed E-state index contributed by atoms with van der Waals surface area (Å²) in [6, 6.07) is 0. The van der Waals surface area contributed by atoms with Gasteiger partial charge in [-0.25, -0.2) is 0 Å². The Hall–Kier alpha value is 0.0500. The lowest BCUT2D eigenvalue weighted by Gasteiger charge is -2.06. The Balaban J connectivity index is 2.97. The lowest BCUT2D eigenvalue weighted by atomic mass is 10.0. The molecule has 0 aliphatic rings. The molecule has 0 fully saturated rings. The highest BCUT2D eigenvalue weighted by Gasteiger charge is 1.99. The number of aliphatic hydroxyl groups excluding tert-OH is 1. The maximum atomic E-state index is 8.93. The molecule has 0 aliphatic heterocycles. The van der Waals surface area contributed by atoms with E-state index >= 15 is 0 Å². The van der Waals surface area contributed by atoms with Gasteiger partial charge in [0.05, 0.1) is 0 Å². The summed E-state index contributed by atoms with van der Waals surface area (Å²) in [6.07, 6.45) is 17.1. The summed E-state index contributed by atoms with van der Waals surface area (Å²) in [6.45, 7) is 6.22. The minimum Gasteiger partial charge on any atom is -0.396 e. The average molecular weight is 301 g/mol. The van der Waals surface area contributed by atoms with Gasteiger partial charge in [-0.2, -0.15) is 11.8 Å². The van der Waals surface area contributed by atoms with Gasteiger partial charge in [-0.3, -0.25) is 0 Å². The SMILES string of the molecule is C=CCSCCCCCCCCCCCCC(C)CO. The third kappa shape index (κ3) is 16.1. The van der Waals surface area contributed by atoms with E-state index in [-0.39, 0.29) is 0 Å². The number of unbranched alkanes of at least 4 members (excludes halogenated alkanes) is 9. The first-order valence-electron chi connectivity index (χ1n) is 8.60. The molecule has 20 heavy (non-hydrogen) atoms. The van der Waals surface area contributed by atoms with Crippen LogP contribution in [-0.4, -0.2) is 23.2 Å². The van der Waals surface area contributed by atoms with Gasteiger partial charge >= 0.3 is 0 Å². The molecule has 1 atom stereocenters.